The van der Waals surface area contributed by atoms with Crippen LogP contribution in [0.5, 0.6) is 0 Å². The van der Waals surface area contributed by atoms with Crippen molar-refractivity contribution in [3.63, 3.8) is 0 Å². The minimum absolute atomic E-state index is 0.0191. The lowest BCUT2D eigenvalue weighted by Gasteiger charge is -2.39. The lowest BCUT2D eigenvalue weighted by atomic mass is 9.93. The molecule has 2 aromatic rings. The molecule has 63 heavy (non-hydrogen) atoms. The molecule has 2 heterocycles. The van der Waals surface area contributed by atoms with E-state index in [0.29, 0.717) is 31.4 Å². The van der Waals surface area contributed by atoms with Crippen molar-refractivity contribution in [1.29, 1.82) is 0 Å². The molecule has 2 unspecified atom stereocenters. The van der Waals surface area contributed by atoms with Crippen molar-refractivity contribution < 1.29 is 48.1 Å². The summed E-state index contributed by atoms with van der Waals surface area (Å²) in [6.45, 7) is 13.2. The van der Waals surface area contributed by atoms with Crippen molar-refractivity contribution in [3.8, 4) is 0 Å². The number of amides is 3. The Morgan fingerprint density at radius 1 is 1.00 bits per heavy atom. The number of hydrogen-bond acceptors (Lipinski definition) is 14. The molecule has 352 valence electrons. The standard InChI is InChI=1S/C45H69N4O10PS3/c1-10-17-38(51)59-28-49(43(54)39(30(5)11-2)48-41(53)37-20-15-16-21-60(37,9)22-23-62-63-45(56)58-8)35(29(3)4)26-36(50)42-47-34(27-61-42)40(52)46-33(24-31(6)44(55)57-7)25-32-18-13-12-14-19-32/h12-14,18-19,27,29-31,33,35-37,39,50H,10-11,15-17,20-26,28H2,1-9H3,(H-,46,48,52,53)/p+1/t30?,31-,33+,35+,36+,37+,39-,60?/m0/s1. The van der Waals surface area contributed by atoms with Gasteiger partial charge in [0.05, 0.1) is 32.5 Å². The number of nitrogens with zero attached hydrogens (tertiary/aromatic N) is 2. The van der Waals surface area contributed by atoms with E-state index >= 15 is 0 Å². The SMILES string of the molecule is CCCC(=O)OCN(C(=O)[C@@H](NC(=O)[C@H]1CCCC[P+]1(C)CCSSC(=O)OC)C(C)CC)[C@H](C[C@@H](O)c1nc(C(=O)N[C@@H](Cc2ccccc2)C[C@H](C)C(=O)OC)cs1)C(C)C. The molecule has 1 aromatic carbocycles. The molecule has 0 radical (unpaired) electrons. The second-order valence-corrected chi connectivity index (χ2v) is 24.7. The maximum Gasteiger partial charge on any atom is 0.377 e. The summed E-state index contributed by atoms with van der Waals surface area (Å²) >= 11 is 1.12. The van der Waals surface area contributed by atoms with E-state index in [2.05, 4.69) is 22.3 Å². The molecule has 3 N–H and O–H groups in total. The average Bonchev–Trinajstić information content (AvgIpc) is 3.77. The van der Waals surface area contributed by atoms with Crippen molar-refractivity contribution >= 4 is 75.1 Å². The third-order valence-corrected chi connectivity index (χ3v) is 19.8. The number of carbonyl (C=O) groups excluding carboxylic acids is 6. The number of esters is 2. The number of aliphatic hydroxyl groups excluding tert-OH is 1. The van der Waals surface area contributed by atoms with Crippen LogP contribution in [0.2, 0.25) is 0 Å². The Bertz CT molecular complexity index is 1790. The first-order chi connectivity index (χ1) is 30.0. The van der Waals surface area contributed by atoms with Crippen molar-refractivity contribution in [2.75, 3.05) is 45.7 Å². The van der Waals surface area contributed by atoms with Crippen LogP contribution in [-0.2, 0) is 39.8 Å². The quantitative estimate of drug-likeness (QED) is 0.0216. The van der Waals surface area contributed by atoms with Crippen molar-refractivity contribution in [2.24, 2.45) is 17.8 Å². The summed E-state index contributed by atoms with van der Waals surface area (Å²) in [6, 6.07) is 7.64. The van der Waals surface area contributed by atoms with Gasteiger partial charge in [-0.05, 0) is 55.9 Å². The van der Waals surface area contributed by atoms with E-state index in [1.807, 2.05) is 65.0 Å². The smallest absolute Gasteiger partial charge is 0.377 e. The van der Waals surface area contributed by atoms with Gasteiger partial charge in [0.1, 0.15) is 28.5 Å². The summed E-state index contributed by atoms with van der Waals surface area (Å²) < 4.78 is 15.4. The van der Waals surface area contributed by atoms with E-state index in [0.717, 1.165) is 59.3 Å². The molecule has 0 saturated carbocycles. The normalized spacial score (nSPS) is 19.1. The van der Waals surface area contributed by atoms with Gasteiger partial charge in [0.15, 0.2) is 6.73 Å². The Morgan fingerprint density at radius 2 is 1.71 bits per heavy atom. The topological polar surface area (TPSA) is 191 Å². The van der Waals surface area contributed by atoms with Crippen molar-refractivity contribution in [1.82, 2.24) is 20.5 Å². The van der Waals surface area contributed by atoms with E-state index in [1.165, 1.54) is 29.9 Å². The summed E-state index contributed by atoms with van der Waals surface area (Å²) in [5.74, 6) is -2.11. The number of rotatable bonds is 25. The fraction of sp³-hybridized carbons (Fsp3) is 0.667. The fourth-order valence-electron chi connectivity index (χ4n) is 7.89. The molecule has 1 aliphatic rings. The zero-order chi connectivity index (χ0) is 46.7. The molecular weight excluding hydrogens is 884 g/mol. The second-order valence-electron chi connectivity index (χ2n) is 17.0. The van der Waals surface area contributed by atoms with Crippen LogP contribution in [0.25, 0.3) is 0 Å². The molecule has 0 aliphatic carbocycles. The van der Waals surface area contributed by atoms with Crippen LogP contribution in [0.3, 0.4) is 0 Å². The number of nitrogens with one attached hydrogen (secondary N) is 2. The fourth-order valence-corrected chi connectivity index (χ4v) is 15.6. The number of ether oxygens (including phenoxy) is 3. The first kappa shape index (κ1) is 54.1. The van der Waals surface area contributed by atoms with Gasteiger partial charge < -0.3 is 34.9 Å². The molecule has 14 nitrogen and oxygen atoms in total. The Morgan fingerprint density at radius 3 is 2.35 bits per heavy atom. The third-order valence-electron chi connectivity index (χ3n) is 11.9. The molecule has 1 aromatic heterocycles. The summed E-state index contributed by atoms with van der Waals surface area (Å²) in [5, 5.41) is 19.4. The minimum atomic E-state index is -1.79. The van der Waals surface area contributed by atoms with Crippen molar-refractivity contribution in [3.05, 3.63) is 52.0 Å². The highest BCUT2D eigenvalue weighted by Gasteiger charge is 2.48. The maximum absolute atomic E-state index is 14.9. The molecule has 1 aliphatic heterocycles. The second kappa shape index (κ2) is 27.3. The van der Waals surface area contributed by atoms with E-state index in [9.17, 15) is 33.9 Å². The highest BCUT2D eigenvalue weighted by Crippen LogP contribution is 2.64. The molecule has 8 atom stereocenters. The number of carbonyl (C=O) groups is 6. The Kier molecular flexibility index (Phi) is 23.4. The molecule has 0 spiro atoms. The molecule has 1 saturated heterocycles. The van der Waals surface area contributed by atoms with Crippen molar-refractivity contribution in [2.45, 2.75) is 129 Å². The van der Waals surface area contributed by atoms with Gasteiger partial charge >= 0.3 is 17.2 Å². The lowest BCUT2D eigenvalue weighted by molar-refractivity contribution is -0.159. The van der Waals surface area contributed by atoms with Gasteiger partial charge in [-0.3, -0.25) is 24.0 Å². The van der Waals surface area contributed by atoms with Gasteiger partial charge in [-0.15, -0.1) is 11.3 Å². The summed E-state index contributed by atoms with van der Waals surface area (Å²) in [4.78, 5) is 85.7. The van der Waals surface area contributed by atoms with Crippen LogP contribution in [-0.4, -0.2) is 119 Å². The van der Waals surface area contributed by atoms with Gasteiger partial charge in [0, 0.05) is 60.8 Å². The largest absolute Gasteiger partial charge is 0.469 e. The predicted octanol–water partition coefficient (Wildman–Crippen LogP) is 8.14. The van der Waals surface area contributed by atoms with Crippen LogP contribution in [0.4, 0.5) is 4.79 Å². The number of aliphatic hydroxyl groups is 1. The highest BCUT2D eigenvalue weighted by molar-refractivity contribution is 8.82. The highest BCUT2D eigenvalue weighted by atomic mass is 33.1. The molecule has 3 amide bonds. The van der Waals surface area contributed by atoms with Gasteiger partial charge in [0.2, 0.25) is 5.91 Å². The van der Waals surface area contributed by atoms with Gasteiger partial charge in [-0.2, -0.15) is 0 Å². The van der Waals surface area contributed by atoms with Crippen LogP contribution in [0, 0.1) is 17.8 Å². The van der Waals surface area contributed by atoms with Crippen LogP contribution in [0.15, 0.2) is 35.7 Å². The first-order valence-corrected chi connectivity index (χ1v) is 27.9. The van der Waals surface area contributed by atoms with Crippen LogP contribution in [0.1, 0.15) is 120 Å². The summed E-state index contributed by atoms with van der Waals surface area (Å²) in [6.07, 6.45) is 5.40. The van der Waals surface area contributed by atoms with E-state index in [1.54, 1.807) is 12.3 Å². The van der Waals surface area contributed by atoms with Crippen LogP contribution >= 0.6 is 40.2 Å². The van der Waals surface area contributed by atoms with E-state index in [4.69, 9.17) is 14.2 Å². The molecular formula is C45H70N4O10PS3+. The predicted molar refractivity (Wildman–Crippen MR) is 254 cm³/mol. The zero-order valence-corrected chi connectivity index (χ0v) is 41.8. The first-order valence-electron chi connectivity index (χ1n) is 22.0. The third kappa shape index (κ3) is 16.9. The molecule has 18 heteroatoms. The number of aromatic nitrogens is 1. The number of benzene rings is 1. The molecule has 1 fully saturated rings. The number of thiazole rings is 1. The summed E-state index contributed by atoms with van der Waals surface area (Å²) in [7, 11) is 3.38. The van der Waals surface area contributed by atoms with E-state index < -0.39 is 55.2 Å². The van der Waals surface area contributed by atoms with E-state index in [-0.39, 0.29) is 64.9 Å². The Balaban J connectivity index is 1.87. The average molecular weight is 954 g/mol. The van der Waals surface area contributed by atoms with Gasteiger partial charge in [0.25, 0.3) is 11.8 Å². The van der Waals surface area contributed by atoms with Gasteiger partial charge in [-0.25, -0.2) is 9.78 Å². The lowest BCUT2D eigenvalue weighted by Crippen LogP contribution is -2.57. The minimum Gasteiger partial charge on any atom is -0.469 e. The molecule has 0 bridgehead atoms. The molecule has 3 rings (SSSR count). The monoisotopic (exact) mass is 953 g/mol. The zero-order valence-electron chi connectivity index (χ0n) is 38.5. The van der Waals surface area contributed by atoms with Crippen LogP contribution < -0.4 is 10.6 Å². The Hall–Kier alpha value is -3.24. The number of hydrogen-bond donors (Lipinski definition) is 3. The maximum atomic E-state index is 14.9. The number of methoxy groups -OCH3 is 2. The Labute approximate surface area is 386 Å². The van der Waals surface area contributed by atoms with Gasteiger partial charge in [-0.1, -0.05) is 89.1 Å². The summed E-state index contributed by atoms with van der Waals surface area (Å²) in [5.41, 5.74) is 0.854.